The van der Waals surface area contributed by atoms with E-state index in [0.29, 0.717) is 11.3 Å². The minimum absolute atomic E-state index is 0.126. The van der Waals surface area contributed by atoms with Crippen molar-refractivity contribution >= 4 is 5.97 Å². The summed E-state index contributed by atoms with van der Waals surface area (Å²) in [6, 6.07) is 9.87. The van der Waals surface area contributed by atoms with Gasteiger partial charge in [-0.05, 0) is 53.6 Å². The van der Waals surface area contributed by atoms with E-state index < -0.39 is 28.6 Å². The topological polar surface area (TPSA) is 66.8 Å². The highest BCUT2D eigenvalue weighted by molar-refractivity contribution is 5.77. The first-order chi connectivity index (χ1) is 12.6. The molecule has 4 nitrogen and oxygen atoms in total. The van der Waals surface area contributed by atoms with Crippen LogP contribution in [0, 0.1) is 17.0 Å². The number of aliphatic carboxylic acids is 1. The summed E-state index contributed by atoms with van der Waals surface area (Å²) in [6.45, 7) is 3.54. The van der Waals surface area contributed by atoms with Crippen LogP contribution in [0.4, 0.5) is 8.78 Å². The molecule has 6 heteroatoms. The lowest BCUT2D eigenvalue weighted by Gasteiger charge is -2.34. The van der Waals surface area contributed by atoms with Gasteiger partial charge in [0.25, 0.3) is 0 Å². The Kier molecular flexibility index (Phi) is 6.21. The maximum atomic E-state index is 13.9. The fraction of sp³-hybridized carbons (Fsp3) is 0.381. The number of methoxy groups -OCH3 is 1. The summed E-state index contributed by atoms with van der Waals surface area (Å²) < 4.78 is 32.8. The van der Waals surface area contributed by atoms with Gasteiger partial charge in [-0.15, -0.1) is 0 Å². The third-order valence-corrected chi connectivity index (χ3v) is 4.52. The molecule has 0 amide bonds. The van der Waals surface area contributed by atoms with Crippen molar-refractivity contribution < 1.29 is 28.5 Å². The summed E-state index contributed by atoms with van der Waals surface area (Å²) in [6.07, 6.45) is -0.233. The quantitative estimate of drug-likeness (QED) is 0.729. The van der Waals surface area contributed by atoms with Gasteiger partial charge in [-0.25, -0.2) is 13.6 Å². The van der Waals surface area contributed by atoms with Gasteiger partial charge in [-0.2, -0.15) is 0 Å². The second-order valence-corrected chi connectivity index (χ2v) is 7.58. The van der Waals surface area contributed by atoms with Crippen LogP contribution in [0.25, 0.3) is 0 Å². The third-order valence-electron chi connectivity index (χ3n) is 4.52. The number of aliphatic hydroxyl groups is 1. The van der Waals surface area contributed by atoms with Gasteiger partial charge in [0.1, 0.15) is 17.4 Å². The fourth-order valence-electron chi connectivity index (χ4n) is 3.43. The maximum Gasteiger partial charge on any atom is 0.336 e. The summed E-state index contributed by atoms with van der Waals surface area (Å²) in [4.78, 5) is 11.8. The molecule has 1 atom stereocenters. The number of carboxylic acid groups (broad SMARTS) is 1. The van der Waals surface area contributed by atoms with Gasteiger partial charge in [0, 0.05) is 6.42 Å². The highest BCUT2D eigenvalue weighted by Crippen LogP contribution is 2.36. The van der Waals surface area contributed by atoms with Crippen LogP contribution < -0.4 is 4.74 Å². The smallest absolute Gasteiger partial charge is 0.336 e. The molecule has 0 aliphatic rings. The number of rotatable bonds is 8. The molecule has 27 heavy (non-hydrogen) atoms. The molecule has 2 aromatic rings. The van der Waals surface area contributed by atoms with Crippen molar-refractivity contribution in [3.8, 4) is 5.75 Å². The second-order valence-electron chi connectivity index (χ2n) is 7.58. The molecule has 0 aromatic heterocycles. The lowest BCUT2D eigenvalue weighted by molar-refractivity contribution is -0.162. The van der Waals surface area contributed by atoms with Gasteiger partial charge in [0.05, 0.1) is 7.11 Å². The SMILES string of the molecule is COc1ccc(F)cc1CC(C)(C)CC(O)(Cc1ccccc1F)C(=O)O. The Morgan fingerprint density at radius 1 is 1.07 bits per heavy atom. The Morgan fingerprint density at radius 2 is 1.74 bits per heavy atom. The van der Waals surface area contributed by atoms with Crippen molar-refractivity contribution in [1.29, 1.82) is 0 Å². The van der Waals surface area contributed by atoms with Crippen molar-refractivity contribution in [3.05, 3.63) is 65.2 Å². The van der Waals surface area contributed by atoms with Crippen LogP contribution in [0.3, 0.4) is 0 Å². The van der Waals surface area contributed by atoms with Crippen LogP contribution in [0.5, 0.6) is 5.75 Å². The Hall–Kier alpha value is -2.47. The number of hydrogen-bond acceptors (Lipinski definition) is 3. The first kappa shape index (κ1) is 20.8. The number of ether oxygens (including phenoxy) is 1. The van der Waals surface area contributed by atoms with Gasteiger partial charge in [-0.3, -0.25) is 0 Å². The number of hydrogen-bond donors (Lipinski definition) is 2. The van der Waals surface area contributed by atoms with Gasteiger partial charge in [-0.1, -0.05) is 32.0 Å². The molecule has 0 heterocycles. The minimum Gasteiger partial charge on any atom is -0.496 e. The molecule has 2 N–H and O–H groups in total. The highest BCUT2D eigenvalue weighted by Gasteiger charge is 2.42. The zero-order valence-electron chi connectivity index (χ0n) is 15.6. The van der Waals surface area contributed by atoms with E-state index in [0.717, 1.165) is 0 Å². The molecule has 0 saturated heterocycles. The average molecular weight is 378 g/mol. The van der Waals surface area contributed by atoms with Crippen molar-refractivity contribution in [2.75, 3.05) is 7.11 Å². The number of carbonyl (C=O) groups is 1. The molecule has 2 aromatic carbocycles. The van der Waals surface area contributed by atoms with Crippen molar-refractivity contribution in [2.45, 2.75) is 38.7 Å². The number of halogens is 2. The van der Waals surface area contributed by atoms with Crippen molar-refractivity contribution in [3.63, 3.8) is 0 Å². The zero-order chi connectivity index (χ0) is 20.2. The van der Waals surface area contributed by atoms with E-state index in [9.17, 15) is 23.8 Å². The van der Waals surface area contributed by atoms with E-state index in [1.807, 2.05) is 0 Å². The Balaban J connectivity index is 2.27. The van der Waals surface area contributed by atoms with Crippen molar-refractivity contribution in [2.24, 2.45) is 5.41 Å². The minimum atomic E-state index is -2.16. The normalized spacial score (nSPS) is 13.9. The summed E-state index contributed by atoms with van der Waals surface area (Å²) in [5, 5.41) is 20.4. The second kappa shape index (κ2) is 8.05. The van der Waals surface area contributed by atoms with Crippen molar-refractivity contribution in [1.82, 2.24) is 0 Å². The molecule has 0 saturated carbocycles. The van der Waals surface area contributed by atoms with Crippen LogP contribution in [-0.2, 0) is 17.6 Å². The fourth-order valence-corrected chi connectivity index (χ4v) is 3.43. The molecule has 2 rings (SSSR count). The lowest BCUT2D eigenvalue weighted by atomic mass is 9.74. The van der Waals surface area contributed by atoms with Crippen LogP contribution >= 0.6 is 0 Å². The number of carboxylic acids is 1. The first-order valence-corrected chi connectivity index (χ1v) is 8.58. The van der Waals surface area contributed by atoms with Crippen LogP contribution in [0.1, 0.15) is 31.4 Å². The van der Waals surface area contributed by atoms with E-state index >= 15 is 0 Å². The van der Waals surface area contributed by atoms with Gasteiger partial charge < -0.3 is 14.9 Å². The maximum absolute atomic E-state index is 13.9. The Morgan fingerprint density at radius 3 is 2.33 bits per heavy atom. The Bertz CT molecular complexity index is 820. The van der Waals surface area contributed by atoms with Gasteiger partial charge >= 0.3 is 5.97 Å². The molecule has 0 aliphatic heterocycles. The standard InChI is InChI=1S/C21H24F2O4/c1-20(2,11-15-10-16(22)8-9-18(15)27-3)13-21(26,19(24)25)12-14-6-4-5-7-17(14)23/h4-10,26H,11-13H2,1-3H3,(H,24,25). The largest absolute Gasteiger partial charge is 0.496 e. The molecular formula is C21H24F2O4. The lowest BCUT2D eigenvalue weighted by Crippen LogP contribution is -2.45. The molecule has 0 spiro atoms. The van der Waals surface area contributed by atoms with E-state index in [-0.39, 0.29) is 24.8 Å². The first-order valence-electron chi connectivity index (χ1n) is 8.58. The molecule has 0 radical (unpaired) electrons. The molecule has 0 fully saturated rings. The summed E-state index contributed by atoms with van der Waals surface area (Å²) in [7, 11) is 1.47. The van der Waals surface area contributed by atoms with E-state index in [1.54, 1.807) is 19.9 Å². The zero-order valence-corrected chi connectivity index (χ0v) is 15.6. The van der Waals surface area contributed by atoms with Gasteiger partial charge in [0.2, 0.25) is 0 Å². The van der Waals surface area contributed by atoms with Gasteiger partial charge in [0.15, 0.2) is 5.60 Å². The summed E-state index contributed by atoms with van der Waals surface area (Å²) >= 11 is 0. The molecule has 146 valence electrons. The Labute approximate surface area is 157 Å². The average Bonchev–Trinajstić information content (AvgIpc) is 2.56. The summed E-state index contributed by atoms with van der Waals surface area (Å²) in [5.74, 6) is -1.94. The van der Waals surface area contributed by atoms with Crippen LogP contribution in [0.2, 0.25) is 0 Å². The van der Waals surface area contributed by atoms with Crippen LogP contribution in [0.15, 0.2) is 42.5 Å². The predicted octanol–water partition coefficient (Wildman–Crippen LogP) is 3.99. The van der Waals surface area contributed by atoms with E-state index in [2.05, 4.69) is 0 Å². The molecule has 0 aliphatic carbocycles. The third kappa shape index (κ3) is 5.26. The van der Waals surface area contributed by atoms with E-state index in [1.165, 1.54) is 43.5 Å². The monoisotopic (exact) mass is 378 g/mol. The molecular weight excluding hydrogens is 354 g/mol. The molecule has 0 bridgehead atoms. The summed E-state index contributed by atoms with van der Waals surface area (Å²) in [5.41, 5.74) is -2.19. The van der Waals surface area contributed by atoms with E-state index in [4.69, 9.17) is 4.74 Å². The highest BCUT2D eigenvalue weighted by atomic mass is 19.1. The predicted molar refractivity (Wildman–Crippen MR) is 97.7 cm³/mol. The van der Waals surface area contributed by atoms with Crippen LogP contribution in [-0.4, -0.2) is 28.9 Å². The molecule has 1 unspecified atom stereocenters. The number of benzene rings is 2.